The molecule has 1 aromatic carbocycles. The maximum absolute atomic E-state index is 13.6. The molecule has 112 valence electrons. The molecule has 0 aliphatic carbocycles. The molecule has 0 spiro atoms. The maximum Gasteiger partial charge on any atom is 0.363 e. The van der Waals surface area contributed by atoms with Crippen LogP contribution < -0.4 is 11.4 Å². The predicted molar refractivity (Wildman–Crippen MR) is 71.7 cm³/mol. The van der Waals surface area contributed by atoms with Gasteiger partial charge in [0.1, 0.15) is 12.1 Å². The van der Waals surface area contributed by atoms with Crippen LogP contribution in [-0.4, -0.2) is 19.3 Å². The highest BCUT2D eigenvalue weighted by atomic mass is 32.2. The number of hydrogen-bond donors (Lipinski definition) is 0. The molecule has 2 rings (SSSR count). The Morgan fingerprint density at radius 3 is 2.48 bits per heavy atom. The van der Waals surface area contributed by atoms with Gasteiger partial charge in [0, 0.05) is 17.4 Å². The zero-order chi connectivity index (χ0) is 15.6. The van der Waals surface area contributed by atoms with Crippen LogP contribution in [0.1, 0.15) is 12.5 Å². The second-order valence-electron chi connectivity index (χ2n) is 4.01. The lowest BCUT2D eigenvalue weighted by Crippen LogP contribution is -2.38. The monoisotopic (exact) mass is 317 g/mol. The van der Waals surface area contributed by atoms with E-state index in [4.69, 9.17) is 0 Å². The van der Waals surface area contributed by atoms with Crippen molar-refractivity contribution in [2.24, 2.45) is 0 Å². The first-order chi connectivity index (χ1) is 9.93. The summed E-state index contributed by atoms with van der Waals surface area (Å²) >= 11 is 0.944. The standard InChI is InChI=1S/C12H10F3N3O2S/c1-2-21-18-11(19)16-6-17(12(18)20)5-7-3-9(14)10(15)4-8(7)13/h3-4,6H,2,5H2,1H3. The summed E-state index contributed by atoms with van der Waals surface area (Å²) < 4.78 is 41.3. The lowest BCUT2D eigenvalue weighted by atomic mass is 10.2. The summed E-state index contributed by atoms with van der Waals surface area (Å²) in [5.41, 5.74) is -1.68. The first kappa shape index (κ1) is 15.4. The van der Waals surface area contributed by atoms with Gasteiger partial charge in [0.05, 0.1) is 6.54 Å². The van der Waals surface area contributed by atoms with Crippen LogP contribution in [-0.2, 0) is 6.54 Å². The second kappa shape index (κ2) is 6.17. The summed E-state index contributed by atoms with van der Waals surface area (Å²) in [6.07, 6.45) is 0.943. The van der Waals surface area contributed by atoms with E-state index >= 15 is 0 Å². The normalized spacial score (nSPS) is 10.9. The fraction of sp³-hybridized carbons (Fsp3) is 0.250. The number of nitrogens with zero attached hydrogens (tertiary/aromatic N) is 3. The SMILES string of the molecule is CCSn1c(=O)ncn(Cc2cc(F)c(F)cc2F)c1=O. The third-order valence-electron chi connectivity index (χ3n) is 2.59. The second-order valence-corrected chi connectivity index (χ2v) is 5.21. The average molecular weight is 317 g/mol. The molecule has 21 heavy (non-hydrogen) atoms. The van der Waals surface area contributed by atoms with Gasteiger partial charge in [-0.25, -0.2) is 22.8 Å². The number of halogens is 3. The van der Waals surface area contributed by atoms with Crippen molar-refractivity contribution in [3.05, 3.63) is 62.4 Å². The molecule has 9 heteroatoms. The van der Waals surface area contributed by atoms with Crippen LogP contribution in [0.2, 0.25) is 0 Å². The van der Waals surface area contributed by atoms with Gasteiger partial charge in [-0.3, -0.25) is 4.57 Å². The molecule has 0 radical (unpaired) electrons. The van der Waals surface area contributed by atoms with Crippen molar-refractivity contribution in [1.82, 2.24) is 13.5 Å². The van der Waals surface area contributed by atoms with Crippen LogP contribution in [0.15, 0.2) is 28.0 Å². The van der Waals surface area contributed by atoms with Crippen molar-refractivity contribution in [3.8, 4) is 0 Å². The third-order valence-corrected chi connectivity index (χ3v) is 3.42. The molecule has 2 aromatic rings. The summed E-state index contributed by atoms with van der Waals surface area (Å²) in [7, 11) is 0. The average Bonchev–Trinajstić information content (AvgIpc) is 2.43. The summed E-state index contributed by atoms with van der Waals surface area (Å²) in [5, 5.41) is 0. The molecule has 1 aromatic heterocycles. The lowest BCUT2D eigenvalue weighted by Gasteiger charge is -2.09. The fourth-order valence-electron chi connectivity index (χ4n) is 1.64. The number of hydrogen-bond acceptors (Lipinski definition) is 4. The van der Waals surface area contributed by atoms with Crippen LogP contribution in [0.3, 0.4) is 0 Å². The molecule has 0 atom stereocenters. The molecule has 0 saturated carbocycles. The van der Waals surface area contributed by atoms with Crippen LogP contribution >= 0.6 is 11.9 Å². The van der Waals surface area contributed by atoms with E-state index in [0.717, 1.165) is 26.8 Å². The van der Waals surface area contributed by atoms with Gasteiger partial charge in [0.15, 0.2) is 11.6 Å². The quantitative estimate of drug-likeness (QED) is 0.800. The molecule has 5 nitrogen and oxygen atoms in total. The van der Waals surface area contributed by atoms with Gasteiger partial charge in [0.25, 0.3) is 0 Å². The van der Waals surface area contributed by atoms with Gasteiger partial charge in [-0.05, 0) is 18.0 Å². The van der Waals surface area contributed by atoms with Crippen molar-refractivity contribution in [3.63, 3.8) is 0 Å². The van der Waals surface area contributed by atoms with E-state index in [1.807, 2.05) is 0 Å². The molecule has 0 aliphatic rings. The van der Waals surface area contributed by atoms with Crippen LogP contribution in [0, 0.1) is 17.5 Å². The molecule has 1 heterocycles. The molecule has 0 N–H and O–H groups in total. The van der Waals surface area contributed by atoms with E-state index in [1.54, 1.807) is 6.92 Å². The topological polar surface area (TPSA) is 56.9 Å². The van der Waals surface area contributed by atoms with Crippen molar-refractivity contribution in [2.45, 2.75) is 13.5 Å². The largest absolute Gasteiger partial charge is 0.363 e. The molecule has 0 bridgehead atoms. The van der Waals surface area contributed by atoms with E-state index < -0.39 is 28.8 Å². The smallest absolute Gasteiger partial charge is 0.279 e. The molecular weight excluding hydrogens is 307 g/mol. The Bertz CT molecular complexity index is 788. The Kier molecular flexibility index (Phi) is 4.51. The van der Waals surface area contributed by atoms with E-state index in [9.17, 15) is 22.8 Å². The van der Waals surface area contributed by atoms with Gasteiger partial charge in [0.2, 0.25) is 0 Å². The third kappa shape index (κ3) is 3.18. The van der Waals surface area contributed by atoms with E-state index in [0.29, 0.717) is 17.9 Å². The molecule has 0 aliphatic heterocycles. The Morgan fingerprint density at radius 1 is 1.14 bits per heavy atom. The summed E-state index contributed by atoms with van der Waals surface area (Å²) in [6, 6.07) is 1.07. The Hall–Kier alpha value is -2.03. The van der Waals surface area contributed by atoms with Gasteiger partial charge < -0.3 is 0 Å². The summed E-state index contributed by atoms with van der Waals surface area (Å²) in [6.45, 7) is 1.38. The van der Waals surface area contributed by atoms with Gasteiger partial charge >= 0.3 is 11.4 Å². The molecule has 0 unspecified atom stereocenters. The van der Waals surface area contributed by atoms with E-state index in [1.165, 1.54) is 0 Å². The first-order valence-electron chi connectivity index (χ1n) is 5.89. The van der Waals surface area contributed by atoms with Crippen molar-refractivity contribution >= 4 is 11.9 Å². The van der Waals surface area contributed by atoms with E-state index in [2.05, 4.69) is 4.98 Å². The molecule has 0 saturated heterocycles. The Morgan fingerprint density at radius 2 is 1.81 bits per heavy atom. The first-order valence-corrected chi connectivity index (χ1v) is 6.83. The van der Waals surface area contributed by atoms with Gasteiger partial charge in [-0.1, -0.05) is 6.92 Å². The minimum absolute atomic E-state index is 0.218. The number of benzene rings is 1. The Balaban J connectivity index is 2.46. The highest BCUT2D eigenvalue weighted by Gasteiger charge is 2.13. The lowest BCUT2D eigenvalue weighted by molar-refractivity contribution is 0.486. The molecule has 0 amide bonds. The highest BCUT2D eigenvalue weighted by Crippen LogP contribution is 2.14. The van der Waals surface area contributed by atoms with Crippen LogP contribution in [0.25, 0.3) is 0 Å². The van der Waals surface area contributed by atoms with Gasteiger partial charge in [-0.15, -0.1) is 0 Å². The predicted octanol–water partition coefficient (Wildman–Crippen LogP) is 1.39. The molecule has 0 fully saturated rings. The summed E-state index contributed by atoms with van der Waals surface area (Å²) in [4.78, 5) is 26.9. The van der Waals surface area contributed by atoms with Crippen molar-refractivity contribution < 1.29 is 13.2 Å². The fourth-order valence-corrected chi connectivity index (χ4v) is 2.27. The van der Waals surface area contributed by atoms with Gasteiger partial charge in [-0.2, -0.15) is 8.96 Å². The summed E-state index contributed by atoms with van der Waals surface area (Å²) in [5.74, 6) is -3.06. The maximum atomic E-state index is 13.6. The Labute approximate surface area is 121 Å². The van der Waals surface area contributed by atoms with Crippen molar-refractivity contribution in [2.75, 3.05) is 5.75 Å². The minimum atomic E-state index is -1.31. The zero-order valence-electron chi connectivity index (χ0n) is 10.8. The van der Waals surface area contributed by atoms with Crippen LogP contribution in [0.5, 0.6) is 0 Å². The number of aromatic nitrogens is 3. The highest BCUT2D eigenvalue weighted by molar-refractivity contribution is 7.97. The van der Waals surface area contributed by atoms with Crippen molar-refractivity contribution in [1.29, 1.82) is 0 Å². The zero-order valence-corrected chi connectivity index (χ0v) is 11.7. The number of rotatable bonds is 4. The van der Waals surface area contributed by atoms with Crippen LogP contribution in [0.4, 0.5) is 13.2 Å². The molecular formula is C12H10F3N3O2S. The van der Waals surface area contributed by atoms with E-state index in [-0.39, 0.29) is 12.1 Å². The minimum Gasteiger partial charge on any atom is -0.279 e.